The Hall–Kier alpha value is -1.15. The summed E-state index contributed by atoms with van der Waals surface area (Å²) in [7, 11) is 0. The molecule has 0 radical (unpaired) electrons. The standard InChI is InChI=1S/C15H22O2/c1-5-15(4,17-6-2)14(16)11-13-10-8-7-9-12(13)3/h7-10H,5-6,11H2,1-4H3. The van der Waals surface area contributed by atoms with Crippen LogP contribution in [0.3, 0.4) is 0 Å². The van der Waals surface area contributed by atoms with Crippen molar-refractivity contribution < 1.29 is 9.53 Å². The number of Topliss-reactive ketones (excluding diaryl/α,β-unsaturated/α-hetero) is 1. The maximum absolute atomic E-state index is 12.3. The smallest absolute Gasteiger partial charge is 0.168 e. The monoisotopic (exact) mass is 234 g/mol. The summed E-state index contributed by atoms with van der Waals surface area (Å²) in [4.78, 5) is 12.3. The van der Waals surface area contributed by atoms with E-state index in [4.69, 9.17) is 4.74 Å². The number of ether oxygens (including phenoxy) is 1. The van der Waals surface area contributed by atoms with Crippen LogP contribution in [0.1, 0.15) is 38.3 Å². The summed E-state index contributed by atoms with van der Waals surface area (Å²) in [6.45, 7) is 8.41. The lowest BCUT2D eigenvalue weighted by Gasteiger charge is -2.26. The highest BCUT2D eigenvalue weighted by molar-refractivity contribution is 5.89. The molecule has 1 atom stereocenters. The molecule has 0 fully saturated rings. The first kappa shape index (κ1) is 13.9. The number of rotatable bonds is 6. The van der Waals surface area contributed by atoms with E-state index >= 15 is 0 Å². The molecule has 0 aliphatic carbocycles. The van der Waals surface area contributed by atoms with E-state index in [2.05, 4.69) is 0 Å². The number of ketones is 1. The molecule has 1 aromatic carbocycles. The second-order valence-electron chi connectivity index (χ2n) is 4.54. The lowest BCUT2D eigenvalue weighted by atomic mass is 9.91. The Morgan fingerprint density at radius 3 is 2.47 bits per heavy atom. The molecule has 0 saturated carbocycles. The van der Waals surface area contributed by atoms with Crippen LogP contribution in [-0.2, 0) is 16.0 Å². The van der Waals surface area contributed by atoms with Gasteiger partial charge in [0.15, 0.2) is 5.78 Å². The highest BCUT2D eigenvalue weighted by Crippen LogP contribution is 2.20. The van der Waals surface area contributed by atoms with Gasteiger partial charge in [-0.2, -0.15) is 0 Å². The van der Waals surface area contributed by atoms with E-state index in [1.807, 2.05) is 52.0 Å². The fourth-order valence-electron chi connectivity index (χ4n) is 1.87. The molecule has 0 aromatic heterocycles. The molecule has 0 N–H and O–H groups in total. The molecule has 94 valence electrons. The average Bonchev–Trinajstić information content (AvgIpc) is 2.32. The van der Waals surface area contributed by atoms with Crippen LogP contribution in [0.25, 0.3) is 0 Å². The van der Waals surface area contributed by atoms with Crippen molar-refractivity contribution in [3.63, 3.8) is 0 Å². The van der Waals surface area contributed by atoms with Gasteiger partial charge in [-0.25, -0.2) is 0 Å². The van der Waals surface area contributed by atoms with E-state index in [0.29, 0.717) is 19.4 Å². The normalized spacial score (nSPS) is 14.4. The van der Waals surface area contributed by atoms with Crippen LogP contribution >= 0.6 is 0 Å². The van der Waals surface area contributed by atoms with Crippen LogP contribution in [0.5, 0.6) is 0 Å². The number of carbonyl (C=O) groups is 1. The van der Waals surface area contributed by atoms with Gasteiger partial charge in [-0.05, 0) is 38.3 Å². The Bertz CT molecular complexity index is 384. The highest BCUT2D eigenvalue weighted by atomic mass is 16.5. The maximum Gasteiger partial charge on any atom is 0.168 e. The predicted octanol–water partition coefficient (Wildman–Crippen LogP) is 3.31. The van der Waals surface area contributed by atoms with Crippen LogP contribution < -0.4 is 0 Å². The van der Waals surface area contributed by atoms with Gasteiger partial charge in [0, 0.05) is 13.0 Å². The van der Waals surface area contributed by atoms with Gasteiger partial charge in [-0.3, -0.25) is 4.79 Å². The summed E-state index contributed by atoms with van der Waals surface area (Å²) in [6.07, 6.45) is 1.17. The van der Waals surface area contributed by atoms with Gasteiger partial charge in [0.1, 0.15) is 5.60 Å². The fraction of sp³-hybridized carbons (Fsp3) is 0.533. The zero-order chi connectivity index (χ0) is 12.9. The Morgan fingerprint density at radius 2 is 1.94 bits per heavy atom. The van der Waals surface area contributed by atoms with Gasteiger partial charge in [0.2, 0.25) is 0 Å². The molecule has 17 heavy (non-hydrogen) atoms. The van der Waals surface area contributed by atoms with Crippen molar-refractivity contribution >= 4 is 5.78 Å². The third-order valence-corrected chi connectivity index (χ3v) is 3.34. The zero-order valence-corrected chi connectivity index (χ0v) is 11.2. The average molecular weight is 234 g/mol. The van der Waals surface area contributed by atoms with Gasteiger partial charge in [0.25, 0.3) is 0 Å². The molecule has 0 saturated heterocycles. The molecule has 2 nitrogen and oxygen atoms in total. The summed E-state index contributed by atoms with van der Waals surface area (Å²) < 4.78 is 5.60. The van der Waals surface area contributed by atoms with Crippen LogP contribution in [0.15, 0.2) is 24.3 Å². The minimum absolute atomic E-state index is 0.163. The van der Waals surface area contributed by atoms with E-state index in [1.54, 1.807) is 0 Å². The number of hydrogen-bond donors (Lipinski definition) is 0. The Labute approximate surface area is 104 Å². The lowest BCUT2D eigenvalue weighted by Crippen LogP contribution is -2.39. The van der Waals surface area contributed by atoms with E-state index in [1.165, 1.54) is 0 Å². The van der Waals surface area contributed by atoms with E-state index in [9.17, 15) is 4.79 Å². The van der Waals surface area contributed by atoms with Crippen molar-refractivity contribution in [3.8, 4) is 0 Å². The van der Waals surface area contributed by atoms with Crippen LogP contribution in [0.2, 0.25) is 0 Å². The number of carbonyl (C=O) groups excluding carboxylic acids is 1. The van der Waals surface area contributed by atoms with E-state index in [-0.39, 0.29) is 5.78 Å². The summed E-state index contributed by atoms with van der Waals surface area (Å²) in [5.41, 5.74) is 1.62. The highest BCUT2D eigenvalue weighted by Gasteiger charge is 2.31. The molecule has 1 aromatic rings. The fourth-order valence-corrected chi connectivity index (χ4v) is 1.87. The van der Waals surface area contributed by atoms with E-state index < -0.39 is 5.60 Å². The number of benzene rings is 1. The Kier molecular flexibility index (Phi) is 4.88. The Balaban J connectivity index is 2.81. The molecule has 1 unspecified atom stereocenters. The summed E-state index contributed by atoms with van der Waals surface area (Å²) in [5, 5.41) is 0. The van der Waals surface area contributed by atoms with Gasteiger partial charge in [0.05, 0.1) is 0 Å². The maximum atomic E-state index is 12.3. The van der Waals surface area contributed by atoms with Crippen molar-refractivity contribution in [1.82, 2.24) is 0 Å². The van der Waals surface area contributed by atoms with Gasteiger partial charge < -0.3 is 4.74 Å². The SMILES string of the molecule is CCOC(C)(CC)C(=O)Cc1ccccc1C. The molecular weight excluding hydrogens is 212 g/mol. The third-order valence-electron chi connectivity index (χ3n) is 3.34. The largest absolute Gasteiger partial charge is 0.368 e. The minimum atomic E-state index is -0.642. The zero-order valence-electron chi connectivity index (χ0n) is 11.2. The van der Waals surface area contributed by atoms with Crippen molar-refractivity contribution in [2.45, 2.75) is 46.1 Å². The molecule has 0 aliphatic heterocycles. The van der Waals surface area contributed by atoms with Crippen molar-refractivity contribution in [2.24, 2.45) is 0 Å². The second-order valence-corrected chi connectivity index (χ2v) is 4.54. The molecule has 0 bridgehead atoms. The van der Waals surface area contributed by atoms with Gasteiger partial charge in [-0.15, -0.1) is 0 Å². The number of aryl methyl sites for hydroxylation is 1. The first-order chi connectivity index (χ1) is 8.03. The first-order valence-electron chi connectivity index (χ1n) is 6.25. The molecular formula is C15H22O2. The van der Waals surface area contributed by atoms with Crippen molar-refractivity contribution in [3.05, 3.63) is 35.4 Å². The molecule has 2 heteroatoms. The van der Waals surface area contributed by atoms with Gasteiger partial charge in [-0.1, -0.05) is 31.2 Å². The summed E-state index contributed by atoms with van der Waals surface area (Å²) in [5.74, 6) is 0.163. The molecule has 0 heterocycles. The van der Waals surface area contributed by atoms with Crippen molar-refractivity contribution in [2.75, 3.05) is 6.61 Å². The Morgan fingerprint density at radius 1 is 1.29 bits per heavy atom. The first-order valence-corrected chi connectivity index (χ1v) is 6.25. The number of hydrogen-bond acceptors (Lipinski definition) is 2. The topological polar surface area (TPSA) is 26.3 Å². The third kappa shape index (κ3) is 3.40. The summed E-state index contributed by atoms with van der Waals surface area (Å²) >= 11 is 0. The second kappa shape index (κ2) is 5.97. The molecule has 0 spiro atoms. The molecule has 0 amide bonds. The minimum Gasteiger partial charge on any atom is -0.368 e. The van der Waals surface area contributed by atoms with Crippen molar-refractivity contribution in [1.29, 1.82) is 0 Å². The predicted molar refractivity (Wildman–Crippen MR) is 70.2 cm³/mol. The lowest BCUT2D eigenvalue weighted by molar-refractivity contribution is -0.141. The molecule has 1 rings (SSSR count). The molecule has 0 aliphatic rings. The quantitative estimate of drug-likeness (QED) is 0.754. The van der Waals surface area contributed by atoms with Gasteiger partial charge >= 0.3 is 0 Å². The van der Waals surface area contributed by atoms with E-state index in [0.717, 1.165) is 11.1 Å². The van der Waals surface area contributed by atoms with Crippen LogP contribution in [0, 0.1) is 6.92 Å². The van der Waals surface area contributed by atoms with Crippen LogP contribution in [0.4, 0.5) is 0 Å². The van der Waals surface area contributed by atoms with Crippen LogP contribution in [-0.4, -0.2) is 18.0 Å². The summed E-state index contributed by atoms with van der Waals surface area (Å²) in [6, 6.07) is 8.01.